The largest absolute Gasteiger partial charge is 0.504 e. The van der Waals surface area contributed by atoms with Gasteiger partial charge in [0.25, 0.3) is 0 Å². The summed E-state index contributed by atoms with van der Waals surface area (Å²) in [5.74, 6) is -0.889. The molecule has 124 valence electrons. The number of phenolic OH excluding ortho intramolecular Hbond substituents is 4. The van der Waals surface area contributed by atoms with E-state index < -0.39 is 0 Å². The summed E-state index contributed by atoms with van der Waals surface area (Å²) in [4.78, 5) is 14.0. The van der Waals surface area contributed by atoms with Crippen molar-refractivity contribution in [1.82, 2.24) is 4.90 Å². The molecule has 0 radical (unpaired) electrons. The van der Waals surface area contributed by atoms with Crippen LogP contribution in [0.5, 0.6) is 23.0 Å². The van der Waals surface area contributed by atoms with Crippen LogP contribution >= 0.6 is 0 Å². The molecule has 0 saturated heterocycles. The SMILES string of the molecule is CC(=O)N1C2Cc3cc(O)c(O)cc3C1Cc1cc(O)c(O)cc12. The van der Waals surface area contributed by atoms with Crippen LogP contribution in [0.1, 0.15) is 41.3 Å². The molecule has 2 aromatic rings. The number of nitrogens with zero attached hydrogens (tertiary/aromatic N) is 1. The van der Waals surface area contributed by atoms with E-state index >= 15 is 0 Å². The molecular formula is C18H17NO5. The van der Waals surface area contributed by atoms with Crippen LogP contribution in [0.25, 0.3) is 0 Å². The maximum absolute atomic E-state index is 12.2. The fraction of sp³-hybridized carbons (Fsp3) is 0.278. The van der Waals surface area contributed by atoms with Crippen molar-refractivity contribution in [3.05, 3.63) is 46.5 Å². The maximum Gasteiger partial charge on any atom is 0.220 e. The Morgan fingerprint density at radius 2 is 1.21 bits per heavy atom. The molecule has 0 saturated carbocycles. The van der Waals surface area contributed by atoms with E-state index in [0.717, 1.165) is 22.3 Å². The van der Waals surface area contributed by atoms with Crippen molar-refractivity contribution >= 4 is 5.91 Å². The van der Waals surface area contributed by atoms with Crippen molar-refractivity contribution < 1.29 is 25.2 Å². The number of hydrogen-bond acceptors (Lipinski definition) is 5. The van der Waals surface area contributed by atoms with Gasteiger partial charge in [0.05, 0.1) is 12.1 Å². The quantitative estimate of drug-likeness (QED) is 0.556. The second-order valence-corrected chi connectivity index (χ2v) is 6.45. The fourth-order valence-electron chi connectivity index (χ4n) is 4.04. The van der Waals surface area contributed by atoms with E-state index in [1.807, 2.05) is 0 Å². The summed E-state index contributed by atoms with van der Waals surface area (Å²) in [5, 5.41) is 39.3. The molecule has 2 bridgehead atoms. The number of amides is 1. The van der Waals surface area contributed by atoms with Crippen LogP contribution in [0.4, 0.5) is 0 Å². The molecule has 6 heteroatoms. The third-order valence-corrected chi connectivity index (χ3v) is 5.05. The lowest BCUT2D eigenvalue weighted by molar-refractivity contribution is -0.135. The lowest BCUT2D eigenvalue weighted by Crippen LogP contribution is -2.45. The van der Waals surface area contributed by atoms with Crippen molar-refractivity contribution in [2.45, 2.75) is 31.8 Å². The van der Waals surface area contributed by atoms with E-state index in [1.165, 1.54) is 31.2 Å². The average Bonchev–Trinajstić information content (AvgIpc) is 2.51. The zero-order valence-corrected chi connectivity index (χ0v) is 13.0. The highest BCUT2D eigenvalue weighted by Gasteiger charge is 2.42. The molecule has 0 fully saturated rings. The molecule has 24 heavy (non-hydrogen) atoms. The Morgan fingerprint density at radius 1 is 0.833 bits per heavy atom. The Hall–Kier alpha value is -2.89. The van der Waals surface area contributed by atoms with Gasteiger partial charge < -0.3 is 25.3 Å². The first kappa shape index (κ1) is 14.7. The van der Waals surface area contributed by atoms with Gasteiger partial charge in [-0.05, 0) is 59.4 Å². The summed E-state index contributed by atoms with van der Waals surface area (Å²) in [6.45, 7) is 1.50. The van der Waals surface area contributed by atoms with Crippen LogP contribution in [-0.2, 0) is 17.6 Å². The van der Waals surface area contributed by atoms with E-state index in [2.05, 4.69) is 0 Å². The second kappa shape index (κ2) is 4.80. The van der Waals surface area contributed by atoms with Crippen LogP contribution in [0.2, 0.25) is 0 Å². The molecule has 0 aliphatic carbocycles. The van der Waals surface area contributed by atoms with Gasteiger partial charge in [-0.2, -0.15) is 0 Å². The molecule has 2 aliphatic rings. The molecular weight excluding hydrogens is 310 g/mol. The van der Waals surface area contributed by atoms with E-state index in [0.29, 0.717) is 12.8 Å². The van der Waals surface area contributed by atoms with E-state index in [-0.39, 0.29) is 41.0 Å². The minimum absolute atomic E-state index is 0.0959. The predicted molar refractivity (Wildman–Crippen MR) is 85.0 cm³/mol. The van der Waals surface area contributed by atoms with Crippen molar-refractivity contribution in [2.75, 3.05) is 0 Å². The highest BCUT2D eigenvalue weighted by Crippen LogP contribution is 2.50. The highest BCUT2D eigenvalue weighted by molar-refractivity contribution is 5.76. The second-order valence-electron chi connectivity index (χ2n) is 6.45. The number of phenols is 4. The molecule has 0 aromatic heterocycles. The first-order valence-corrected chi connectivity index (χ1v) is 7.75. The van der Waals surface area contributed by atoms with E-state index in [9.17, 15) is 25.2 Å². The lowest BCUT2D eigenvalue weighted by Gasteiger charge is -2.47. The molecule has 2 atom stereocenters. The molecule has 2 aliphatic heterocycles. The summed E-state index contributed by atoms with van der Waals surface area (Å²) < 4.78 is 0. The molecule has 4 N–H and O–H groups in total. The van der Waals surface area contributed by atoms with Crippen LogP contribution in [-0.4, -0.2) is 31.2 Å². The molecule has 6 nitrogen and oxygen atoms in total. The zero-order valence-electron chi connectivity index (χ0n) is 13.0. The Morgan fingerprint density at radius 3 is 1.58 bits per heavy atom. The van der Waals surface area contributed by atoms with E-state index in [1.54, 1.807) is 4.90 Å². The summed E-state index contributed by atoms with van der Waals surface area (Å²) >= 11 is 0. The predicted octanol–water partition coefficient (Wildman–Crippen LogP) is 2.25. The zero-order chi connectivity index (χ0) is 17.2. The van der Waals surface area contributed by atoms with Gasteiger partial charge in [0, 0.05) is 6.92 Å². The van der Waals surface area contributed by atoms with Gasteiger partial charge in [-0.1, -0.05) is 0 Å². The Labute approximate surface area is 138 Å². The monoisotopic (exact) mass is 327 g/mol. The summed E-state index contributed by atoms with van der Waals surface area (Å²) in [5.41, 5.74) is 3.34. The van der Waals surface area contributed by atoms with Crippen LogP contribution < -0.4 is 0 Å². The molecule has 1 amide bonds. The molecule has 2 heterocycles. The first-order valence-electron chi connectivity index (χ1n) is 7.75. The first-order chi connectivity index (χ1) is 11.4. The summed E-state index contributed by atoms with van der Waals surface area (Å²) in [7, 11) is 0. The normalized spacial score (nSPS) is 21.1. The third kappa shape index (κ3) is 1.92. The van der Waals surface area contributed by atoms with Gasteiger partial charge in [0.15, 0.2) is 23.0 Å². The van der Waals surface area contributed by atoms with Crippen molar-refractivity contribution in [3.63, 3.8) is 0 Å². The van der Waals surface area contributed by atoms with Crippen molar-refractivity contribution in [1.29, 1.82) is 0 Å². The van der Waals surface area contributed by atoms with Crippen LogP contribution in [0, 0.1) is 0 Å². The van der Waals surface area contributed by atoms with Gasteiger partial charge in [-0.25, -0.2) is 0 Å². The fourth-order valence-corrected chi connectivity index (χ4v) is 4.04. The summed E-state index contributed by atoms with van der Waals surface area (Å²) in [6.07, 6.45) is 0.937. The van der Waals surface area contributed by atoms with Gasteiger partial charge in [-0.15, -0.1) is 0 Å². The maximum atomic E-state index is 12.2. The Kier molecular flexibility index (Phi) is 2.94. The topological polar surface area (TPSA) is 101 Å². The van der Waals surface area contributed by atoms with Gasteiger partial charge in [0.2, 0.25) is 5.91 Å². The number of aromatic hydroxyl groups is 4. The lowest BCUT2D eigenvalue weighted by atomic mass is 9.76. The number of carbonyl (C=O) groups is 1. The van der Waals surface area contributed by atoms with Gasteiger partial charge >= 0.3 is 0 Å². The molecule has 0 spiro atoms. The number of benzene rings is 2. The minimum Gasteiger partial charge on any atom is -0.504 e. The summed E-state index contributed by atoms with van der Waals surface area (Å²) in [6, 6.07) is 5.53. The van der Waals surface area contributed by atoms with Gasteiger partial charge in [0.1, 0.15) is 0 Å². The molecule has 2 unspecified atom stereocenters. The Bertz CT molecular complexity index is 811. The van der Waals surface area contributed by atoms with Crippen LogP contribution in [0.3, 0.4) is 0 Å². The van der Waals surface area contributed by atoms with Crippen molar-refractivity contribution in [2.24, 2.45) is 0 Å². The standard InChI is InChI=1S/C18H17NO5/c1-8(20)19-13-2-9-4-15(21)17(23)6-11(9)14(19)3-10-5-16(22)18(24)7-12(10)13/h4-7,13-14,21-24H,2-3H2,1H3. The number of fused-ring (bicyclic) bond motifs is 6. The van der Waals surface area contributed by atoms with Crippen molar-refractivity contribution in [3.8, 4) is 23.0 Å². The highest BCUT2D eigenvalue weighted by atomic mass is 16.3. The number of rotatable bonds is 0. The number of hydrogen-bond donors (Lipinski definition) is 4. The minimum atomic E-state index is -0.279. The third-order valence-electron chi connectivity index (χ3n) is 5.05. The average molecular weight is 327 g/mol. The smallest absolute Gasteiger partial charge is 0.220 e. The molecule has 4 rings (SSSR count). The number of carbonyl (C=O) groups excluding carboxylic acids is 1. The van der Waals surface area contributed by atoms with E-state index in [4.69, 9.17) is 0 Å². The van der Waals surface area contributed by atoms with Crippen LogP contribution in [0.15, 0.2) is 24.3 Å². The molecule has 2 aromatic carbocycles. The van der Waals surface area contributed by atoms with Gasteiger partial charge in [-0.3, -0.25) is 4.79 Å². The Balaban J connectivity index is 1.93.